The van der Waals surface area contributed by atoms with E-state index in [2.05, 4.69) is 5.10 Å². The van der Waals surface area contributed by atoms with E-state index in [1.54, 1.807) is 10.9 Å². The van der Waals surface area contributed by atoms with Crippen molar-refractivity contribution in [1.29, 1.82) is 0 Å². The van der Waals surface area contributed by atoms with E-state index >= 15 is 0 Å². The molecular formula is C13H15ClN2O2. The van der Waals surface area contributed by atoms with E-state index in [0.29, 0.717) is 30.5 Å². The fraction of sp³-hybridized carbons (Fsp3) is 0.308. The van der Waals surface area contributed by atoms with Crippen LogP contribution in [-0.2, 0) is 13.2 Å². The smallest absolute Gasteiger partial charge is 0.176 e. The normalized spacial score (nSPS) is 10.6. The maximum absolute atomic E-state index is 8.76. The molecule has 0 fully saturated rings. The second-order valence-electron chi connectivity index (χ2n) is 3.87. The summed E-state index contributed by atoms with van der Waals surface area (Å²) in [4.78, 5) is 0. The molecule has 18 heavy (non-hydrogen) atoms. The summed E-state index contributed by atoms with van der Waals surface area (Å²) in [5, 5.41) is 13.3. The molecule has 0 amide bonds. The van der Waals surface area contributed by atoms with Crippen LogP contribution in [0.3, 0.4) is 0 Å². The molecule has 0 saturated carbocycles. The predicted octanol–water partition coefficient (Wildman–Crippen LogP) is 2.50. The zero-order valence-corrected chi connectivity index (χ0v) is 10.7. The highest BCUT2D eigenvalue weighted by Gasteiger charge is 2.09. The molecule has 4 nitrogen and oxygen atoms in total. The molecule has 96 valence electrons. The van der Waals surface area contributed by atoms with Crippen LogP contribution in [0.2, 0.25) is 5.15 Å². The lowest BCUT2D eigenvalue weighted by Crippen LogP contribution is -2.02. The first-order valence-corrected chi connectivity index (χ1v) is 6.18. The van der Waals surface area contributed by atoms with Gasteiger partial charge in [0.05, 0.1) is 6.20 Å². The highest BCUT2D eigenvalue weighted by molar-refractivity contribution is 6.31. The third-order valence-electron chi connectivity index (χ3n) is 2.51. The third kappa shape index (κ3) is 3.24. The summed E-state index contributed by atoms with van der Waals surface area (Å²) in [5.41, 5.74) is 1.08. The molecule has 2 aromatic rings. The molecular weight excluding hydrogens is 252 g/mol. The number of hydrogen-bond donors (Lipinski definition) is 1. The van der Waals surface area contributed by atoms with Crippen molar-refractivity contribution in [3.8, 4) is 5.75 Å². The van der Waals surface area contributed by atoms with Crippen LogP contribution in [0, 0.1) is 0 Å². The number of aryl methyl sites for hydroxylation is 1. The van der Waals surface area contributed by atoms with Crippen LogP contribution in [0.1, 0.15) is 12.0 Å². The van der Waals surface area contributed by atoms with Gasteiger partial charge in [0, 0.05) is 13.2 Å². The highest BCUT2D eigenvalue weighted by Crippen LogP contribution is 2.24. The topological polar surface area (TPSA) is 47.3 Å². The van der Waals surface area contributed by atoms with Crippen molar-refractivity contribution in [2.75, 3.05) is 6.61 Å². The van der Waals surface area contributed by atoms with E-state index in [4.69, 9.17) is 21.4 Å². The Hall–Kier alpha value is -1.52. The molecule has 0 aliphatic heterocycles. The van der Waals surface area contributed by atoms with E-state index in [1.165, 1.54) is 0 Å². The van der Waals surface area contributed by atoms with Gasteiger partial charge in [-0.3, -0.25) is 4.68 Å². The Labute approximate surface area is 111 Å². The molecule has 1 aromatic heterocycles. The minimum atomic E-state index is 0.121. The average Bonchev–Trinajstić information content (AvgIpc) is 2.76. The number of halogens is 1. The van der Waals surface area contributed by atoms with Crippen LogP contribution >= 0.6 is 11.6 Å². The second kappa shape index (κ2) is 6.42. The molecule has 0 bridgehead atoms. The van der Waals surface area contributed by atoms with Gasteiger partial charge in [-0.05, 0) is 12.0 Å². The molecule has 0 unspecified atom stereocenters. The number of aliphatic hydroxyl groups is 1. The molecule has 0 saturated heterocycles. The lowest BCUT2D eigenvalue weighted by Gasteiger charge is -2.05. The Bertz CT molecular complexity index is 485. The van der Waals surface area contributed by atoms with Crippen LogP contribution < -0.4 is 4.74 Å². The first-order valence-electron chi connectivity index (χ1n) is 5.80. The zero-order valence-electron chi connectivity index (χ0n) is 9.92. The quantitative estimate of drug-likeness (QED) is 0.874. The average molecular weight is 267 g/mol. The fourth-order valence-electron chi connectivity index (χ4n) is 1.56. The Morgan fingerprint density at radius 1 is 1.28 bits per heavy atom. The SMILES string of the molecule is OCCCn1ncc(OCc2ccccc2)c1Cl. The van der Waals surface area contributed by atoms with Gasteiger partial charge >= 0.3 is 0 Å². The highest BCUT2D eigenvalue weighted by atomic mass is 35.5. The lowest BCUT2D eigenvalue weighted by molar-refractivity contribution is 0.276. The summed E-state index contributed by atoms with van der Waals surface area (Å²) in [6.07, 6.45) is 2.22. The summed E-state index contributed by atoms with van der Waals surface area (Å²) in [6.45, 7) is 1.17. The van der Waals surface area contributed by atoms with Crippen LogP contribution in [0.15, 0.2) is 36.5 Å². The van der Waals surface area contributed by atoms with Gasteiger partial charge in [-0.25, -0.2) is 0 Å². The Morgan fingerprint density at radius 2 is 2.06 bits per heavy atom. The molecule has 0 spiro atoms. The van der Waals surface area contributed by atoms with Crippen LogP contribution in [0.25, 0.3) is 0 Å². The maximum atomic E-state index is 8.76. The van der Waals surface area contributed by atoms with Crippen LogP contribution in [0.4, 0.5) is 0 Å². The van der Waals surface area contributed by atoms with Crippen molar-refractivity contribution in [1.82, 2.24) is 9.78 Å². The van der Waals surface area contributed by atoms with Gasteiger partial charge in [0.15, 0.2) is 10.9 Å². The number of ether oxygens (including phenoxy) is 1. The standard InChI is InChI=1S/C13H15ClN2O2/c14-13-12(9-15-16(13)7-4-8-17)18-10-11-5-2-1-3-6-11/h1-3,5-6,9,17H,4,7-8,10H2. The molecule has 5 heteroatoms. The van der Waals surface area contributed by atoms with Gasteiger partial charge in [-0.2, -0.15) is 5.10 Å². The Kier molecular flexibility index (Phi) is 4.61. The van der Waals surface area contributed by atoms with Crippen molar-refractivity contribution in [2.45, 2.75) is 19.6 Å². The van der Waals surface area contributed by atoms with E-state index in [-0.39, 0.29) is 6.61 Å². The third-order valence-corrected chi connectivity index (χ3v) is 2.89. The molecule has 0 radical (unpaired) electrons. The number of hydrogen-bond acceptors (Lipinski definition) is 3. The minimum Gasteiger partial charge on any atom is -0.484 e. The van der Waals surface area contributed by atoms with Gasteiger partial charge in [0.25, 0.3) is 0 Å². The first-order chi connectivity index (χ1) is 8.81. The monoisotopic (exact) mass is 266 g/mol. The van der Waals surface area contributed by atoms with E-state index in [1.807, 2.05) is 30.3 Å². The van der Waals surface area contributed by atoms with Crippen LogP contribution in [0.5, 0.6) is 5.75 Å². The fourth-order valence-corrected chi connectivity index (χ4v) is 1.79. The molecule has 0 atom stereocenters. The molecule has 1 aromatic carbocycles. The zero-order chi connectivity index (χ0) is 12.8. The van der Waals surface area contributed by atoms with Crippen molar-refractivity contribution >= 4 is 11.6 Å². The van der Waals surface area contributed by atoms with Gasteiger partial charge in [-0.1, -0.05) is 41.9 Å². The number of aromatic nitrogens is 2. The van der Waals surface area contributed by atoms with Gasteiger partial charge in [-0.15, -0.1) is 0 Å². The van der Waals surface area contributed by atoms with E-state index in [9.17, 15) is 0 Å². The largest absolute Gasteiger partial charge is 0.484 e. The van der Waals surface area contributed by atoms with Crippen LogP contribution in [-0.4, -0.2) is 21.5 Å². The first kappa shape index (κ1) is 12.9. The Balaban J connectivity index is 1.95. The molecule has 0 aliphatic carbocycles. The summed E-state index contributed by atoms with van der Waals surface area (Å²) in [5.74, 6) is 0.568. The summed E-state index contributed by atoms with van der Waals surface area (Å²) in [7, 11) is 0. The van der Waals surface area contributed by atoms with Gasteiger partial charge in [0.2, 0.25) is 0 Å². The van der Waals surface area contributed by atoms with Gasteiger partial charge in [0.1, 0.15) is 6.61 Å². The van der Waals surface area contributed by atoms with Crippen molar-refractivity contribution in [3.05, 3.63) is 47.2 Å². The summed E-state index contributed by atoms with van der Waals surface area (Å²) < 4.78 is 7.23. The number of nitrogens with zero attached hydrogens (tertiary/aromatic N) is 2. The number of rotatable bonds is 6. The predicted molar refractivity (Wildman–Crippen MR) is 69.7 cm³/mol. The van der Waals surface area contributed by atoms with Crippen molar-refractivity contribution in [3.63, 3.8) is 0 Å². The number of benzene rings is 1. The van der Waals surface area contributed by atoms with Crippen molar-refractivity contribution < 1.29 is 9.84 Å². The Morgan fingerprint density at radius 3 is 2.78 bits per heavy atom. The minimum absolute atomic E-state index is 0.121. The molecule has 1 heterocycles. The second-order valence-corrected chi connectivity index (χ2v) is 4.23. The number of aliphatic hydroxyl groups excluding tert-OH is 1. The molecule has 2 rings (SSSR count). The summed E-state index contributed by atoms with van der Waals surface area (Å²) in [6, 6.07) is 9.87. The summed E-state index contributed by atoms with van der Waals surface area (Å²) >= 11 is 6.12. The molecule has 0 aliphatic rings. The van der Waals surface area contributed by atoms with E-state index < -0.39 is 0 Å². The lowest BCUT2D eigenvalue weighted by atomic mass is 10.2. The van der Waals surface area contributed by atoms with Crippen molar-refractivity contribution in [2.24, 2.45) is 0 Å². The van der Waals surface area contributed by atoms with Gasteiger partial charge < -0.3 is 9.84 Å². The maximum Gasteiger partial charge on any atom is 0.176 e. The van der Waals surface area contributed by atoms with E-state index in [0.717, 1.165) is 5.56 Å². The molecule has 1 N–H and O–H groups in total.